The third-order valence-corrected chi connectivity index (χ3v) is 4.04. The van der Waals surface area contributed by atoms with Gasteiger partial charge in [0.05, 0.1) is 22.8 Å². The molecule has 124 valence electrons. The Hall–Kier alpha value is -2.82. The van der Waals surface area contributed by atoms with Gasteiger partial charge in [-0.2, -0.15) is 5.10 Å². The number of carbonyl (C=O) groups is 1. The van der Waals surface area contributed by atoms with Gasteiger partial charge >= 0.3 is 0 Å². The van der Waals surface area contributed by atoms with Crippen LogP contribution in [0.4, 0.5) is 5.69 Å². The van der Waals surface area contributed by atoms with E-state index in [9.17, 15) is 4.79 Å². The lowest BCUT2D eigenvalue weighted by Crippen LogP contribution is -2.12. The minimum atomic E-state index is -0.260. The number of anilines is 1. The van der Waals surface area contributed by atoms with E-state index in [1.54, 1.807) is 6.07 Å². The molecular weight excluding hydrogens is 302 g/mol. The summed E-state index contributed by atoms with van der Waals surface area (Å²) in [6.45, 7) is 7.85. The zero-order chi connectivity index (χ0) is 17.3. The van der Waals surface area contributed by atoms with Gasteiger partial charge in [0, 0.05) is 6.42 Å². The van der Waals surface area contributed by atoms with Crippen LogP contribution in [0, 0.1) is 20.8 Å². The SMILES string of the molecule is CCc1ccc(C(=O)Nc2c(C)nn(-c3ccc(C)cc3)c2C)o1. The monoisotopic (exact) mass is 323 g/mol. The Bertz CT molecular complexity index is 873. The summed E-state index contributed by atoms with van der Waals surface area (Å²) in [7, 11) is 0. The van der Waals surface area contributed by atoms with Gasteiger partial charge in [0.2, 0.25) is 0 Å². The topological polar surface area (TPSA) is 60.1 Å². The highest BCUT2D eigenvalue weighted by molar-refractivity contribution is 6.03. The smallest absolute Gasteiger partial charge is 0.291 e. The fourth-order valence-electron chi connectivity index (χ4n) is 2.63. The van der Waals surface area contributed by atoms with Crippen LogP contribution in [0.1, 0.15) is 40.2 Å². The average molecular weight is 323 g/mol. The van der Waals surface area contributed by atoms with E-state index in [2.05, 4.69) is 10.4 Å². The van der Waals surface area contributed by atoms with E-state index in [0.717, 1.165) is 34.9 Å². The Balaban J connectivity index is 1.89. The molecule has 2 aromatic heterocycles. The standard InChI is InChI=1S/C19H21N3O2/c1-5-16-10-11-17(24-16)19(23)20-18-13(3)21-22(14(18)4)15-8-6-12(2)7-9-15/h6-11H,5H2,1-4H3,(H,20,23). The van der Waals surface area contributed by atoms with Crippen molar-refractivity contribution in [2.24, 2.45) is 0 Å². The van der Waals surface area contributed by atoms with Crippen LogP contribution in [0.15, 0.2) is 40.8 Å². The first-order chi connectivity index (χ1) is 11.5. The number of rotatable bonds is 4. The molecule has 2 heterocycles. The number of hydrogen-bond donors (Lipinski definition) is 1. The Morgan fingerprint density at radius 3 is 2.46 bits per heavy atom. The summed E-state index contributed by atoms with van der Waals surface area (Å²) in [5, 5.41) is 7.47. The van der Waals surface area contributed by atoms with Gasteiger partial charge in [-0.15, -0.1) is 0 Å². The molecule has 5 nitrogen and oxygen atoms in total. The first kappa shape index (κ1) is 16.1. The van der Waals surface area contributed by atoms with Crippen molar-refractivity contribution < 1.29 is 9.21 Å². The number of furan rings is 1. The van der Waals surface area contributed by atoms with Gasteiger partial charge in [0.15, 0.2) is 5.76 Å². The van der Waals surface area contributed by atoms with Gasteiger partial charge in [-0.25, -0.2) is 4.68 Å². The molecule has 0 spiro atoms. The molecule has 0 saturated carbocycles. The first-order valence-electron chi connectivity index (χ1n) is 8.03. The number of aromatic nitrogens is 2. The Morgan fingerprint density at radius 2 is 1.83 bits per heavy atom. The Labute approximate surface area is 141 Å². The van der Waals surface area contributed by atoms with Crippen molar-refractivity contribution in [2.75, 3.05) is 5.32 Å². The second-order valence-electron chi connectivity index (χ2n) is 5.87. The summed E-state index contributed by atoms with van der Waals surface area (Å²) in [6, 6.07) is 11.6. The van der Waals surface area contributed by atoms with Crippen molar-refractivity contribution in [1.82, 2.24) is 9.78 Å². The van der Waals surface area contributed by atoms with E-state index >= 15 is 0 Å². The van der Waals surface area contributed by atoms with Crippen molar-refractivity contribution in [1.29, 1.82) is 0 Å². The molecule has 0 aliphatic rings. The number of carbonyl (C=O) groups excluding carboxylic acids is 1. The van der Waals surface area contributed by atoms with Gasteiger partial charge in [-0.1, -0.05) is 24.6 Å². The number of hydrogen-bond acceptors (Lipinski definition) is 3. The first-order valence-corrected chi connectivity index (χ1v) is 8.03. The van der Waals surface area contributed by atoms with Crippen molar-refractivity contribution >= 4 is 11.6 Å². The number of amides is 1. The molecule has 0 fully saturated rings. The third-order valence-electron chi connectivity index (χ3n) is 4.04. The van der Waals surface area contributed by atoms with Crippen LogP contribution in [0.3, 0.4) is 0 Å². The second kappa shape index (κ2) is 6.35. The maximum Gasteiger partial charge on any atom is 0.291 e. The predicted molar refractivity (Wildman–Crippen MR) is 93.8 cm³/mol. The summed E-state index contributed by atoms with van der Waals surface area (Å²) in [5.74, 6) is 0.849. The number of nitrogens with zero attached hydrogens (tertiary/aromatic N) is 2. The predicted octanol–water partition coefficient (Wildman–Crippen LogP) is 4.21. The molecule has 0 saturated heterocycles. The van der Waals surface area contributed by atoms with Crippen molar-refractivity contribution in [3.05, 3.63) is 64.9 Å². The van der Waals surface area contributed by atoms with Crippen molar-refractivity contribution in [2.45, 2.75) is 34.1 Å². The van der Waals surface area contributed by atoms with Crippen LogP contribution < -0.4 is 5.32 Å². The number of benzene rings is 1. The molecule has 3 rings (SSSR count). The fraction of sp³-hybridized carbons (Fsp3) is 0.263. The highest BCUT2D eigenvalue weighted by Gasteiger charge is 2.18. The Kier molecular flexibility index (Phi) is 4.25. The molecule has 1 aromatic carbocycles. The van der Waals surface area contributed by atoms with E-state index in [1.807, 2.05) is 62.7 Å². The van der Waals surface area contributed by atoms with E-state index in [-0.39, 0.29) is 5.91 Å². The maximum atomic E-state index is 12.4. The van der Waals surface area contributed by atoms with E-state index in [4.69, 9.17) is 4.42 Å². The van der Waals surface area contributed by atoms with E-state index in [1.165, 1.54) is 5.56 Å². The van der Waals surface area contributed by atoms with Crippen LogP contribution in [0.5, 0.6) is 0 Å². The maximum absolute atomic E-state index is 12.4. The van der Waals surface area contributed by atoms with Crippen LogP contribution in [-0.4, -0.2) is 15.7 Å². The van der Waals surface area contributed by atoms with Crippen molar-refractivity contribution in [3.8, 4) is 5.69 Å². The molecule has 24 heavy (non-hydrogen) atoms. The minimum Gasteiger partial charge on any atom is -0.456 e. The van der Waals surface area contributed by atoms with Crippen LogP contribution >= 0.6 is 0 Å². The lowest BCUT2D eigenvalue weighted by Gasteiger charge is -2.06. The van der Waals surface area contributed by atoms with Gasteiger partial charge in [0.25, 0.3) is 5.91 Å². The van der Waals surface area contributed by atoms with Gasteiger partial charge in [-0.05, 0) is 45.0 Å². The zero-order valence-electron chi connectivity index (χ0n) is 14.4. The Morgan fingerprint density at radius 1 is 1.12 bits per heavy atom. The molecule has 5 heteroatoms. The summed E-state index contributed by atoms with van der Waals surface area (Å²) in [5.41, 5.74) is 4.53. The van der Waals surface area contributed by atoms with Crippen LogP contribution in [-0.2, 0) is 6.42 Å². The molecule has 0 unspecified atom stereocenters. The summed E-state index contributed by atoms with van der Waals surface area (Å²) in [4.78, 5) is 12.4. The zero-order valence-corrected chi connectivity index (χ0v) is 14.4. The third kappa shape index (κ3) is 2.97. The fourth-order valence-corrected chi connectivity index (χ4v) is 2.63. The van der Waals surface area contributed by atoms with Gasteiger partial charge in [0.1, 0.15) is 5.76 Å². The molecule has 0 radical (unpaired) electrons. The highest BCUT2D eigenvalue weighted by atomic mass is 16.3. The molecule has 3 aromatic rings. The van der Waals surface area contributed by atoms with E-state index < -0.39 is 0 Å². The van der Waals surface area contributed by atoms with Crippen molar-refractivity contribution in [3.63, 3.8) is 0 Å². The molecule has 0 aliphatic heterocycles. The van der Waals surface area contributed by atoms with Crippen LogP contribution in [0.2, 0.25) is 0 Å². The summed E-state index contributed by atoms with van der Waals surface area (Å²) >= 11 is 0. The molecule has 1 amide bonds. The molecule has 1 N–H and O–H groups in total. The van der Waals surface area contributed by atoms with Gasteiger partial charge in [-0.3, -0.25) is 4.79 Å². The molecule has 0 aliphatic carbocycles. The summed E-state index contributed by atoms with van der Waals surface area (Å²) in [6.07, 6.45) is 0.761. The molecular formula is C19H21N3O2. The minimum absolute atomic E-state index is 0.260. The lowest BCUT2D eigenvalue weighted by molar-refractivity contribution is 0.0995. The number of nitrogens with one attached hydrogen (secondary N) is 1. The largest absolute Gasteiger partial charge is 0.456 e. The average Bonchev–Trinajstić information content (AvgIpc) is 3.16. The highest BCUT2D eigenvalue weighted by Crippen LogP contribution is 2.24. The normalized spacial score (nSPS) is 10.8. The quantitative estimate of drug-likeness (QED) is 0.782. The molecule has 0 atom stereocenters. The molecule has 0 bridgehead atoms. The summed E-state index contributed by atoms with van der Waals surface area (Å²) < 4.78 is 7.35. The number of aryl methyl sites for hydroxylation is 3. The van der Waals surface area contributed by atoms with Crippen LogP contribution in [0.25, 0.3) is 5.69 Å². The lowest BCUT2D eigenvalue weighted by atomic mass is 10.2. The second-order valence-corrected chi connectivity index (χ2v) is 5.87. The van der Waals surface area contributed by atoms with Gasteiger partial charge < -0.3 is 9.73 Å². The van der Waals surface area contributed by atoms with E-state index in [0.29, 0.717) is 5.76 Å².